The molecule has 0 bridgehead atoms. The Bertz CT molecular complexity index is 662. The van der Waals surface area contributed by atoms with Crippen LogP contribution in [0, 0.1) is 17.1 Å². The Balaban J connectivity index is 2.20. The van der Waals surface area contributed by atoms with Gasteiger partial charge in [0, 0.05) is 15.7 Å². The van der Waals surface area contributed by atoms with Gasteiger partial charge < -0.3 is 5.32 Å². The summed E-state index contributed by atoms with van der Waals surface area (Å²) < 4.78 is 14.0. The minimum atomic E-state index is -0.607. The molecule has 19 heavy (non-hydrogen) atoms. The molecule has 0 aliphatic heterocycles. The number of halogens is 2. The number of nitrogens with one attached hydrogen (secondary N) is 1. The number of nitrogens with zero attached hydrogens (tertiary/aromatic N) is 1. The fraction of sp³-hybridized carbons (Fsp3) is 0. The Morgan fingerprint density at radius 3 is 2.53 bits per heavy atom. The topological polar surface area (TPSA) is 52.9 Å². The van der Waals surface area contributed by atoms with Gasteiger partial charge in [-0.15, -0.1) is 0 Å². The quantitative estimate of drug-likeness (QED) is 0.917. The van der Waals surface area contributed by atoms with Gasteiger partial charge in [-0.1, -0.05) is 15.9 Å². The van der Waals surface area contributed by atoms with Crippen molar-refractivity contribution in [3.63, 3.8) is 0 Å². The SMILES string of the molecule is N#Cc1cc(NC(=O)c2ccc(Br)cc2)ccc1F. The maximum Gasteiger partial charge on any atom is 0.255 e. The highest BCUT2D eigenvalue weighted by Crippen LogP contribution is 2.16. The smallest absolute Gasteiger partial charge is 0.255 e. The molecule has 0 unspecified atom stereocenters. The molecule has 0 fully saturated rings. The van der Waals surface area contributed by atoms with E-state index in [2.05, 4.69) is 21.2 Å². The maximum absolute atomic E-state index is 13.1. The number of rotatable bonds is 2. The minimum absolute atomic E-state index is 0.103. The molecule has 0 saturated carbocycles. The summed E-state index contributed by atoms with van der Waals surface area (Å²) in [5.74, 6) is -0.924. The van der Waals surface area contributed by atoms with Crippen molar-refractivity contribution < 1.29 is 9.18 Å². The van der Waals surface area contributed by atoms with Crippen LogP contribution in [0.4, 0.5) is 10.1 Å². The molecule has 0 radical (unpaired) electrons. The van der Waals surface area contributed by atoms with E-state index in [1.807, 2.05) is 0 Å². The van der Waals surface area contributed by atoms with Crippen LogP contribution in [0.25, 0.3) is 0 Å². The van der Waals surface area contributed by atoms with E-state index in [9.17, 15) is 9.18 Å². The third kappa shape index (κ3) is 3.18. The molecule has 5 heteroatoms. The highest BCUT2D eigenvalue weighted by atomic mass is 79.9. The van der Waals surface area contributed by atoms with E-state index >= 15 is 0 Å². The summed E-state index contributed by atoms with van der Waals surface area (Å²) in [6, 6.07) is 12.4. The Morgan fingerprint density at radius 1 is 1.21 bits per heavy atom. The molecule has 0 aliphatic rings. The van der Waals surface area contributed by atoms with Crippen molar-refractivity contribution in [2.24, 2.45) is 0 Å². The molecular formula is C14H8BrFN2O. The Kier molecular flexibility index (Phi) is 3.93. The molecule has 3 nitrogen and oxygen atoms in total. The van der Waals surface area contributed by atoms with Gasteiger partial charge in [0.2, 0.25) is 0 Å². The lowest BCUT2D eigenvalue weighted by atomic mass is 10.2. The van der Waals surface area contributed by atoms with Crippen LogP contribution in [0.15, 0.2) is 46.9 Å². The van der Waals surface area contributed by atoms with E-state index in [4.69, 9.17) is 5.26 Å². The second-order valence-electron chi connectivity index (χ2n) is 3.77. The second kappa shape index (κ2) is 5.63. The lowest BCUT2D eigenvalue weighted by Crippen LogP contribution is -2.11. The van der Waals surface area contributed by atoms with Gasteiger partial charge in [-0.3, -0.25) is 4.79 Å². The number of amides is 1. The average molecular weight is 319 g/mol. The summed E-state index contributed by atoms with van der Waals surface area (Å²) in [6.07, 6.45) is 0. The van der Waals surface area contributed by atoms with E-state index in [1.54, 1.807) is 30.3 Å². The Morgan fingerprint density at radius 2 is 1.89 bits per heavy atom. The normalized spacial score (nSPS) is 9.74. The van der Waals surface area contributed by atoms with Gasteiger partial charge in [0.05, 0.1) is 5.56 Å². The van der Waals surface area contributed by atoms with Crippen LogP contribution in [-0.4, -0.2) is 5.91 Å². The van der Waals surface area contributed by atoms with Crippen LogP contribution < -0.4 is 5.32 Å². The summed E-state index contributed by atoms with van der Waals surface area (Å²) in [5, 5.41) is 11.3. The molecule has 0 aliphatic carbocycles. The maximum atomic E-state index is 13.1. The molecule has 2 aromatic rings. The van der Waals surface area contributed by atoms with Gasteiger partial charge in [0.15, 0.2) is 0 Å². The fourth-order valence-electron chi connectivity index (χ4n) is 1.49. The van der Waals surface area contributed by atoms with Gasteiger partial charge >= 0.3 is 0 Å². The fourth-order valence-corrected chi connectivity index (χ4v) is 1.76. The van der Waals surface area contributed by atoms with Crippen molar-refractivity contribution in [1.82, 2.24) is 0 Å². The van der Waals surface area contributed by atoms with E-state index in [1.165, 1.54) is 12.1 Å². The molecule has 0 atom stereocenters. The highest BCUT2D eigenvalue weighted by molar-refractivity contribution is 9.10. The summed E-state index contributed by atoms with van der Waals surface area (Å²) in [6.45, 7) is 0. The third-order valence-electron chi connectivity index (χ3n) is 2.45. The van der Waals surface area contributed by atoms with E-state index in [0.717, 1.165) is 10.5 Å². The van der Waals surface area contributed by atoms with E-state index < -0.39 is 5.82 Å². The summed E-state index contributed by atoms with van der Waals surface area (Å²) in [7, 11) is 0. The first-order chi connectivity index (χ1) is 9.10. The van der Waals surface area contributed by atoms with Crippen molar-refractivity contribution in [2.75, 3.05) is 5.32 Å². The Hall–Kier alpha value is -2.19. The first-order valence-electron chi connectivity index (χ1n) is 5.37. The van der Waals surface area contributed by atoms with Crippen molar-refractivity contribution in [2.45, 2.75) is 0 Å². The van der Waals surface area contributed by atoms with Crippen molar-refractivity contribution in [3.8, 4) is 6.07 Å². The van der Waals surface area contributed by atoms with Crippen molar-refractivity contribution in [1.29, 1.82) is 5.26 Å². The summed E-state index contributed by atoms with van der Waals surface area (Å²) in [4.78, 5) is 11.9. The zero-order valence-corrected chi connectivity index (χ0v) is 11.2. The number of benzene rings is 2. The molecule has 0 saturated heterocycles. The number of carbonyl (C=O) groups is 1. The standard InChI is InChI=1S/C14H8BrFN2O/c15-11-3-1-9(2-4-11)14(19)18-12-5-6-13(16)10(7-12)8-17/h1-7H,(H,18,19). The highest BCUT2D eigenvalue weighted by Gasteiger charge is 2.08. The van der Waals surface area contributed by atoms with Gasteiger partial charge in [-0.25, -0.2) is 4.39 Å². The summed E-state index contributed by atoms with van der Waals surface area (Å²) >= 11 is 3.28. The molecule has 0 aromatic heterocycles. The molecule has 0 heterocycles. The van der Waals surface area contributed by atoms with Gasteiger partial charge in [-0.2, -0.15) is 5.26 Å². The van der Waals surface area contributed by atoms with Crippen LogP contribution >= 0.6 is 15.9 Å². The average Bonchev–Trinajstić information content (AvgIpc) is 2.41. The lowest BCUT2D eigenvalue weighted by Gasteiger charge is -2.06. The largest absolute Gasteiger partial charge is 0.322 e. The monoisotopic (exact) mass is 318 g/mol. The zero-order valence-electron chi connectivity index (χ0n) is 9.65. The van der Waals surface area contributed by atoms with Gasteiger partial charge in [-0.05, 0) is 42.5 Å². The molecule has 94 valence electrons. The van der Waals surface area contributed by atoms with Crippen LogP contribution in [0.1, 0.15) is 15.9 Å². The predicted octanol–water partition coefficient (Wildman–Crippen LogP) is 3.71. The predicted molar refractivity (Wildman–Crippen MR) is 73.2 cm³/mol. The molecule has 2 aromatic carbocycles. The van der Waals surface area contributed by atoms with Crippen LogP contribution in [0.2, 0.25) is 0 Å². The second-order valence-corrected chi connectivity index (χ2v) is 4.68. The number of hydrogen-bond acceptors (Lipinski definition) is 2. The molecule has 1 amide bonds. The molecule has 2 rings (SSSR count). The van der Waals surface area contributed by atoms with Crippen LogP contribution in [0.5, 0.6) is 0 Å². The number of anilines is 1. The first kappa shape index (κ1) is 13.2. The third-order valence-corrected chi connectivity index (χ3v) is 2.98. The minimum Gasteiger partial charge on any atom is -0.322 e. The van der Waals surface area contributed by atoms with Crippen LogP contribution in [-0.2, 0) is 0 Å². The molecular weight excluding hydrogens is 311 g/mol. The number of nitriles is 1. The van der Waals surface area contributed by atoms with Crippen molar-refractivity contribution >= 4 is 27.5 Å². The number of carbonyl (C=O) groups excluding carboxylic acids is 1. The van der Waals surface area contributed by atoms with E-state index in [-0.39, 0.29) is 11.5 Å². The van der Waals surface area contributed by atoms with Gasteiger partial charge in [0.25, 0.3) is 5.91 Å². The zero-order chi connectivity index (χ0) is 13.8. The molecule has 0 spiro atoms. The summed E-state index contributed by atoms with van der Waals surface area (Å²) in [5.41, 5.74) is 0.755. The lowest BCUT2D eigenvalue weighted by molar-refractivity contribution is 0.102. The van der Waals surface area contributed by atoms with Gasteiger partial charge in [0.1, 0.15) is 11.9 Å². The van der Waals surface area contributed by atoms with Crippen molar-refractivity contribution in [3.05, 3.63) is 63.9 Å². The number of hydrogen-bond donors (Lipinski definition) is 1. The van der Waals surface area contributed by atoms with Crippen LogP contribution in [0.3, 0.4) is 0 Å². The molecule has 1 N–H and O–H groups in total. The first-order valence-corrected chi connectivity index (χ1v) is 6.16. The van der Waals surface area contributed by atoms with E-state index in [0.29, 0.717) is 11.3 Å². The Labute approximate surface area is 117 Å².